The zero-order chi connectivity index (χ0) is 24.6. The van der Waals surface area contributed by atoms with Crippen molar-refractivity contribution >= 4 is 39.1 Å². The van der Waals surface area contributed by atoms with E-state index in [2.05, 4.69) is 41.7 Å². The molecule has 1 unspecified atom stereocenters. The van der Waals surface area contributed by atoms with Gasteiger partial charge in [-0.1, -0.05) is 32.9 Å². The summed E-state index contributed by atoms with van der Waals surface area (Å²) in [4.78, 5) is 32.0. The van der Waals surface area contributed by atoms with E-state index in [0.717, 1.165) is 5.56 Å². The first-order valence-electron chi connectivity index (χ1n) is 10.8. The standard InChI is InChI=1S/C27H25BrN2O4/c1-27(2,3)18-6-8-19(9-7-18)30-23(16-11-13-29-14-12-16)22(25(32)26(30)33)24(31)17-5-10-21(34-4)20(28)15-17/h5-15,23,31H,1-4H3/b24-22-. The molecule has 34 heavy (non-hydrogen) atoms. The monoisotopic (exact) mass is 520 g/mol. The van der Waals surface area contributed by atoms with Gasteiger partial charge < -0.3 is 9.84 Å². The summed E-state index contributed by atoms with van der Waals surface area (Å²) in [6.07, 6.45) is 3.20. The maximum atomic E-state index is 13.3. The molecule has 2 aromatic carbocycles. The molecule has 1 saturated heterocycles. The number of amides is 1. The smallest absolute Gasteiger partial charge is 0.300 e. The van der Waals surface area contributed by atoms with Crippen molar-refractivity contribution < 1.29 is 19.4 Å². The van der Waals surface area contributed by atoms with Gasteiger partial charge in [0.05, 0.1) is 23.2 Å². The number of pyridine rings is 1. The zero-order valence-electron chi connectivity index (χ0n) is 19.4. The Balaban J connectivity index is 1.89. The second-order valence-electron chi connectivity index (χ2n) is 9.10. The molecule has 174 valence electrons. The Morgan fingerprint density at radius 3 is 2.24 bits per heavy atom. The number of nitrogens with zero attached hydrogens (tertiary/aromatic N) is 2. The summed E-state index contributed by atoms with van der Waals surface area (Å²) in [6, 6.07) is 15.3. The van der Waals surface area contributed by atoms with E-state index in [4.69, 9.17) is 4.74 Å². The van der Waals surface area contributed by atoms with Crippen molar-refractivity contribution in [3.05, 3.63) is 93.7 Å². The van der Waals surface area contributed by atoms with E-state index in [0.29, 0.717) is 27.0 Å². The van der Waals surface area contributed by atoms with Crippen LogP contribution in [-0.4, -0.2) is 28.9 Å². The van der Waals surface area contributed by atoms with Crippen LogP contribution in [0.3, 0.4) is 0 Å². The first-order chi connectivity index (χ1) is 16.1. The molecule has 0 bridgehead atoms. The molecule has 1 aliphatic rings. The maximum Gasteiger partial charge on any atom is 0.300 e. The van der Waals surface area contributed by atoms with E-state index >= 15 is 0 Å². The SMILES string of the molecule is COc1ccc(/C(O)=C2/C(=O)C(=O)N(c3ccc(C(C)(C)C)cc3)C2c2ccncc2)cc1Br. The predicted octanol–water partition coefficient (Wildman–Crippen LogP) is 5.78. The zero-order valence-corrected chi connectivity index (χ0v) is 21.0. The summed E-state index contributed by atoms with van der Waals surface area (Å²) in [5, 5.41) is 11.2. The highest BCUT2D eigenvalue weighted by Crippen LogP contribution is 2.43. The normalized spacial score (nSPS) is 17.8. The molecule has 0 radical (unpaired) electrons. The number of halogens is 1. The fourth-order valence-corrected chi connectivity index (χ4v) is 4.59. The number of hydrogen-bond acceptors (Lipinski definition) is 5. The number of carbonyl (C=O) groups is 2. The number of Topliss-reactive ketones (excluding diaryl/α,β-unsaturated/α-hetero) is 1. The van der Waals surface area contributed by atoms with Crippen molar-refractivity contribution in [3.63, 3.8) is 0 Å². The number of hydrogen-bond donors (Lipinski definition) is 1. The van der Waals surface area contributed by atoms with Gasteiger partial charge in [0, 0.05) is 23.6 Å². The molecule has 6 nitrogen and oxygen atoms in total. The summed E-state index contributed by atoms with van der Waals surface area (Å²) in [6.45, 7) is 6.33. The molecule has 1 atom stereocenters. The highest BCUT2D eigenvalue weighted by atomic mass is 79.9. The van der Waals surface area contributed by atoms with Gasteiger partial charge in [-0.05, 0) is 74.9 Å². The highest BCUT2D eigenvalue weighted by Gasteiger charge is 2.47. The molecule has 1 aliphatic heterocycles. The van der Waals surface area contributed by atoms with Crippen molar-refractivity contribution in [2.24, 2.45) is 0 Å². The van der Waals surface area contributed by atoms with Crippen LogP contribution in [0.25, 0.3) is 5.76 Å². The Kier molecular flexibility index (Phi) is 6.32. The number of aliphatic hydroxyl groups is 1. The van der Waals surface area contributed by atoms with Crippen LogP contribution in [0, 0.1) is 0 Å². The number of methoxy groups -OCH3 is 1. The summed E-state index contributed by atoms with van der Waals surface area (Å²) in [5.74, 6) is -1.11. The Bertz CT molecular complexity index is 1280. The highest BCUT2D eigenvalue weighted by molar-refractivity contribution is 9.10. The topological polar surface area (TPSA) is 79.7 Å². The minimum Gasteiger partial charge on any atom is -0.507 e. The molecule has 1 amide bonds. The number of ether oxygens (including phenoxy) is 1. The molecule has 0 spiro atoms. The van der Waals surface area contributed by atoms with Gasteiger partial charge in [-0.3, -0.25) is 19.5 Å². The number of rotatable bonds is 4. The minimum atomic E-state index is -0.802. The van der Waals surface area contributed by atoms with Crippen LogP contribution in [0.4, 0.5) is 5.69 Å². The second-order valence-corrected chi connectivity index (χ2v) is 9.95. The fourth-order valence-electron chi connectivity index (χ4n) is 4.05. The van der Waals surface area contributed by atoms with Gasteiger partial charge in [-0.25, -0.2) is 0 Å². The molecule has 2 heterocycles. The minimum absolute atomic E-state index is 0.0214. The van der Waals surface area contributed by atoms with Crippen LogP contribution in [-0.2, 0) is 15.0 Å². The van der Waals surface area contributed by atoms with Crippen molar-refractivity contribution in [2.45, 2.75) is 32.2 Å². The van der Waals surface area contributed by atoms with Crippen LogP contribution < -0.4 is 9.64 Å². The molecule has 1 N–H and O–H groups in total. The van der Waals surface area contributed by atoms with Crippen molar-refractivity contribution in [2.75, 3.05) is 12.0 Å². The van der Waals surface area contributed by atoms with E-state index in [-0.39, 0.29) is 16.7 Å². The van der Waals surface area contributed by atoms with Crippen LogP contribution in [0.1, 0.15) is 43.5 Å². The quantitative estimate of drug-likeness (QED) is 0.268. The van der Waals surface area contributed by atoms with E-state index in [1.807, 2.05) is 24.3 Å². The van der Waals surface area contributed by atoms with Crippen LogP contribution in [0.15, 0.2) is 77.0 Å². The maximum absolute atomic E-state index is 13.3. The van der Waals surface area contributed by atoms with Crippen LogP contribution in [0.2, 0.25) is 0 Å². The molecule has 0 saturated carbocycles. The van der Waals surface area contributed by atoms with E-state index in [1.54, 1.807) is 49.8 Å². The Morgan fingerprint density at radius 2 is 1.68 bits per heavy atom. The van der Waals surface area contributed by atoms with Gasteiger partial charge in [-0.15, -0.1) is 0 Å². The summed E-state index contributed by atoms with van der Waals surface area (Å²) < 4.78 is 5.88. The molecule has 7 heteroatoms. The number of anilines is 1. The van der Waals surface area contributed by atoms with E-state index in [1.165, 1.54) is 4.90 Å². The molecular formula is C27H25BrN2O4. The molecule has 1 aromatic heterocycles. The van der Waals surface area contributed by atoms with Crippen molar-refractivity contribution in [1.29, 1.82) is 0 Å². The molecule has 4 rings (SSSR count). The third-order valence-electron chi connectivity index (χ3n) is 5.90. The Morgan fingerprint density at radius 1 is 1.03 bits per heavy atom. The van der Waals surface area contributed by atoms with Gasteiger partial charge in [0.15, 0.2) is 0 Å². The third-order valence-corrected chi connectivity index (χ3v) is 6.52. The fraction of sp³-hybridized carbons (Fsp3) is 0.222. The first kappa shape index (κ1) is 23.7. The third kappa shape index (κ3) is 4.23. The summed E-state index contributed by atoms with van der Waals surface area (Å²) in [7, 11) is 1.54. The summed E-state index contributed by atoms with van der Waals surface area (Å²) >= 11 is 3.41. The largest absolute Gasteiger partial charge is 0.507 e. The van der Waals surface area contributed by atoms with E-state index in [9.17, 15) is 14.7 Å². The molecule has 1 fully saturated rings. The number of benzene rings is 2. The van der Waals surface area contributed by atoms with Gasteiger partial charge in [0.25, 0.3) is 11.7 Å². The lowest BCUT2D eigenvalue weighted by Crippen LogP contribution is -2.29. The van der Waals surface area contributed by atoms with Crippen LogP contribution in [0.5, 0.6) is 5.75 Å². The Hall–Kier alpha value is -3.45. The van der Waals surface area contributed by atoms with Crippen molar-refractivity contribution in [3.8, 4) is 5.75 Å². The lowest BCUT2D eigenvalue weighted by Gasteiger charge is -2.26. The number of aliphatic hydroxyl groups excluding tert-OH is 1. The molecule has 0 aliphatic carbocycles. The molecule has 3 aromatic rings. The van der Waals surface area contributed by atoms with Gasteiger partial charge in [-0.2, -0.15) is 0 Å². The summed E-state index contributed by atoms with van der Waals surface area (Å²) in [5.41, 5.74) is 2.71. The first-order valence-corrected chi connectivity index (χ1v) is 11.6. The lowest BCUT2D eigenvalue weighted by atomic mass is 9.87. The second kappa shape index (κ2) is 9.06. The lowest BCUT2D eigenvalue weighted by molar-refractivity contribution is -0.132. The number of ketones is 1. The van der Waals surface area contributed by atoms with Crippen LogP contribution >= 0.6 is 15.9 Å². The number of carbonyl (C=O) groups excluding carboxylic acids is 2. The van der Waals surface area contributed by atoms with Gasteiger partial charge >= 0.3 is 0 Å². The average molecular weight is 521 g/mol. The average Bonchev–Trinajstić information content (AvgIpc) is 3.09. The predicted molar refractivity (Wildman–Crippen MR) is 135 cm³/mol. The Labute approximate surface area is 207 Å². The molecular weight excluding hydrogens is 496 g/mol. The van der Waals surface area contributed by atoms with Gasteiger partial charge in [0.1, 0.15) is 11.5 Å². The van der Waals surface area contributed by atoms with Gasteiger partial charge in [0.2, 0.25) is 0 Å². The van der Waals surface area contributed by atoms with E-state index < -0.39 is 17.7 Å². The number of aromatic nitrogens is 1. The van der Waals surface area contributed by atoms with Crippen molar-refractivity contribution in [1.82, 2.24) is 4.98 Å².